The molecule has 0 unspecified atom stereocenters. The lowest BCUT2D eigenvalue weighted by molar-refractivity contribution is -0.118. The Bertz CT molecular complexity index is 1090. The topological polar surface area (TPSA) is 72.1 Å². The van der Waals surface area contributed by atoms with Crippen LogP contribution in [0.5, 0.6) is 0 Å². The molecule has 6 nitrogen and oxygen atoms in total. The van der Waals surface area contributed by atoms with Crippen molar-refractivity contribution in [3.8, 4) is 11.5 Å². The molecule has 0 aliphatic rings. The summed E-state index contributed by atoms with van der Waals surface area (Å²) in [5.41, 5.74) is 1.57. The maximum Gasteiger partial charge on any atom is 0.227 e. The first-order chi connectivity index (χ1) is 13.8. The van der Waals surface area contributed by atoms with Crippen LogP contribution in [0.2, 0.25) is 0 Å². The minimum absolute atomic E-state index is 0.0245. The normalized spacial score (nSPS) is 10.9. The van der Waals surface area contributed by atoms with E-state index in [2.05, 4.69) is 27.3 Å². The van der Waals surface area contributed by atoms with Gasteiger partial charge >= 0.3 is 0 Å². The van der Waals surface area contributed by atoms with Gasteiger partial charge in [0.05, 0.1) is 5.69 Å². The Kier molecular flexibility index (Phi) is 5.10. The van der Waals surface area contributed by atoms with E-state index in [0.717, 1.165) is 16.5 Å². The van der Waals surface area contributed by atoms with Gasteiger partial charge in [-0.2, -0.15) is 4.98 Å². The summed E-state index contributed by atoms with van der Waals surface area (Å²) < 4.78 is 5.29. The van der Waals surface area contributed by atoms with Crippen molar-refractivity contribution in [1.82, 2.24) is 15.1 Å². The van der Waals surface area contributed by atoms with Crippen LogP contribution in [0, 0.1) is 0 Å². The Morgan fingerprint density at radius 2 is 1.86 bits per heavy atom. The molecule has 4 aromatic rings. The molecule has 4 rings (SSSR count). The molecule has 0 radical (unpaired) electrons. The zero-order valence-corrected chi connectivity index (χ0v) is 15.6. The fraction of sp³-hybridized carbons (Fsp3) is 0.182. The van der Waals surface area contributed by atoms with Gasteiger partial charge in [0.2, 0.25) is 17.6 Å². The summed E-state index contributed by atoms with van der Waals surface area (Å²) in [7, 11) is 0. The number of hydrogen-bond donors (Lipinski definition) is 0. The maximum absolute atomic E-state index is 12.9. The molecule has 0 spiro atoms. The summed E-state index contributed by atoms with van der Waals surface area (Å²) >= 11 is 0. The number of anilines is 1. The second-order valence-electron chi connectivity index (χ2n) is 6.36. The highest BCUT2D eigenvalue weighted by Gasteiger charge is 2.18. The van der Waals surface area contributed by atoms with E-state index in [4.69, 9.17) is 4.52 Å². The molecule has 2 aromatic carbocycles. The summed E-state index contributed by atoms with van der Waals surface area (Å²) in [6.07, 6.45) is 2.36. The molecular weight excluding hydrogens is 352 g/mol. The molecule has 0 saturated carbocycles. The van der Waals surface area contributed by atoms with Gasteiger partial charge in [0, 0.05) is 31.0 Å². The molecular formula is C22H20N4O2. The predicted octanol–water partition coefficient (Wildman–Crippen LogP) is 4.27. The van der Waals surface area contributed by atoms with Crippen LogP contribution in [0.25, 0.3) is 22.3 Å². The highest BCUT2D eigenvalue weighted by molar-refractivity contribution is 6.03. The maximum atomic E-state index is 12.9. The number of benzene rings is 2. The van der Waals surface area contributed by atoms with Crippen molar-refractivity contribution < 1.29 is 9.32 Å². The van der Waals surface area contributed by atoms with Crippen LogP contribution in [0.15, 0.2) is 71.4 Å². The van der Waals surface area contributed by atoms with Crippen molar-refractivity contribution >= 4 is 22.4 Å². The van der Waals surface area contributed by atoms with Gasteiger partial charge in [-0.25, -0.2) is 0 Å². The van der Waals surface area contributed by atoms with Gasteiger partial charge in [-0.05, 0) is 30.5 Å². The molecule has 140 valence electrons. The largest absolute Gasteiger partial charge is 0.339 e. The van der Waals surface area contributed by atoms with Gasteiger partial charge in [0.1, 0.15) is 5.69 Å². The fourth-order valence-corrected chi connectivity index (χ4v) is 3.23. The second-order valence-corrected chi connectivity index (χ2v) is 6.36. The molecule has 0 fully saturated rings. The van der Waals surface area contributed by atoms with Crippen LogP contribution in [0.4, 0.5) is 5.69 Å². The first-order valence-corrected chi connectivity index (χ1v) is 9.28. The molecule has 0 saturated heterocycles. The zero-order valence-electron chi connectivity index (χ0n) is 15.6. The average Bonchev–Trinajstić information content (AvgIpc) is 3.23. The molecule has 0 atom stereocenters. The van der Waals surface area contributed by atoms with Gasteiger partial charge in [0.25, 0.3) is 0 Å². The standard InChI is InChI=1S/C22H20N4O2/c1-2-26(19-12-7-9-16-8-3-4-10-17(16)19)21(27)14-13-20-24-22(25-28-20)18-11-5-6-15-23-18/h3-12,15H,2,13-14H2,1H3. The van der Waals surface area contributed by atoms with E-state index in [1.807, 2.05) is 55.5 Å². The molecule has 1 amide bonds. The number of carbonyl (C=O) groups excluding carboxylic acids is 1. The summed E-state index contributed by atoms with van der Waals surface area (Å²) in [6, 6.07) is 19.6. The quantitative estimate of drug-likeness (QED) is 0.505. The molecule has 0 N–H and O–H groups in total. The van der Waals surface area contributed by atoms with Crippen molar-refractivity contribution in [3.05, 3.63) is 72.8 Å². The summed E-state index contributed by atoms with van der Waals surface area (Å²) in [4.78, 5) is 23.3. The molecule has 28 heavy (non-hydrogen) atoms. The molecule has 0 aliphatic heterocycles. The first kappa shape index (κ1) is 17.9. The minimum atomic E-state index is 0.0245. The fourth-order valence-electron chi connectivity index (χ4n) is 3.23. The van der Waals surface area contributed by atoms with Crippen molar-refractivity contribution in [2.45, 2.75) is 19.8 Å². The number of pyridine rings is 1. The number of nitrogens with zero attached hydrogens (tertiary/aromatic N) is 4. The van der Waals surface area contributed by atoms with Crippen LogP contribution >= 0.6 is 0 Å². The SMILES string of the molecule is CCN(C(=O)CCc1nc(-c2ccccn2)no1)c1cccc2ccccc12. The molecule has 0 bridgehead atoms. The van der Waals surface area contributed by atoms with Crippen LogP contribution in [-0.2, 0) is 11.2 Å². The van der Waals surface area contributed by atoms with Crippen molar-refractivity contribution in [1.29, 1.82) is 0 Å². The van der Waals surface area contributed by atoms with Gasteiger partial charge in [-0.15, -0.1) is 0 Å². The average molecular weight is 372 g/mol. The Labute approximate surface area is 162 Å². The van der Waals surface area contributed by atoms with Crippen molar-refractivity contribution in [3.63, 3.8) is 0 Å². The van der Waals surface area contributed by atoms with E-state index >= 15 is 0 Å². The Morgan fingerprint density at radius 3 is 2.68 bits per heavy atom. The third kappa shape index (κ3) is 3.62. The third-order valence-electron chi connectivity index (χ3n) is 4.59. The number of aromatic nitrogens is 3. The van der Waals surface area contributed by atoms with Crippen LogP contribution < -0.4 is 4.90 Å². The summed E-state index contributed by atoms with van der Waals surface area (Å²) in [5.74, 6) is 0.892. The van der Waals surface area contributed by atoms with Crippen LogP contribution in [0.1, 0.15) is 19.2 Å². The number of rotatable bonds is 6. The van der Waals surface area contributed by atoms with E-state index in [1.165, 1.54) is 0 Å². The Balaban J connectivity index is 1.49. The van der Waals surface area contributed by atoms with E-state index in [0.29, 0.717) is 36.8 Å². The van der Waals surface area contributed by atoms with Crippen molar-refractivity contribution in [2.24, 2.45) is 0 Å². The molecule has 2 aromatic heterocycles. The minimum Gasteiger partial charge on any atom is -0.339 e. The number of aryl methyl sites for hydroxylation is 1. The number of amides is 1. The van der Waals surface area contributed by atoms with Gasteiger partial charge in [-0.3, -0.25) is 9.78 Å². The Hall–Kier alpha value is -3.54. The molecule has 0 aliphatic carbocycles. The van der Waals surface area contributed by atoms with Crippen LogP contribution in [0.3, 0.4) is 0 Å². The predicted molar refractivity (Wildman–Crippen MR) is 108 cm³/mol. The van der Waals surface area contributed by atoms with Gasteiger partial charge in [-0.1, -0.05) is 47.6 Å². The summed E-state index contributed by atoms with van der Waals surface area (Å²) in [5, 5.41) is 6.13. The zero-order chi connectivity index (χ0) is 19.3. The molecule has 2 heterocycles. The summed E-state index contributed by atoms with van der Waals surface area (Å²) in [6.45, 7) is 2.57. The second kappa shape index (κ2) is 8.00. The monoisotopic (exact) mass is 372 g/mol. The van der Waals surface area contributed by atoms with Crippen molar-refractivity contribution in [2.75, 3.05) is 11.4 Å². The van der Waals surface area contributed by atoms with Gasteiger partial charge in [0.15, 0.2) is 0 Å². The smallest absolute Gasteiger partial charge is 0.227 e. The van der Waals surface area contributed by atoms with E-state index < -0.39 is 0 Å². The highest BCUT2D eigenvalue weighted by atomic mass is 16.5. The van der Waals surface area contributed by atoms with E-state index in [9.17, 15) is 4.79 Å². The third-order valence-corrected chi connectivity index (χ3v) is 4.59. The number of carbonyl (C=O) groups is 1. The van der Waals surface area contributed by atoms with E-state index in [1.54, 1.807) is 11.1 Å². The Morgan fingerprint density at radius 1 is 1.04 bits per heavy atom. The lowest BCUT2D eigenvalue weighted by Gasteiger charge is -2.22. The lowest BCUT2D eigenvalue weighted by atomic mass is 10.1. The molecule has 6 heteroatoms. The van der Waals surface area contributed by atoms with Gasteiger partial charge < -0.3 is 9.42 Å². The number of hydrogen-bond acceptors (Lipinski definition) is 5. The lowest BCUT2D eigenvalue weighted by Crippen LogP contribution is -2.31. The number of fused-ring (bicyclic) bond motifs is 1. The van der Waals surface area contributed by atoms with Crippen LogP contribution in [-0.4, -0.2) is 27.6 Å². The van der Waals surface area contributed by atoms with E-state index in [-0.39, 0.29) is 5.91 Å². The highest BCUT2D eigenvalue weighted by Crippen LogP contribution is 2.27. The first-order valence-electron chi connectivity index (χ1n) is 9.28.